The van der Waals surface area contributed by atoms with Gasteiger partial charge < -0.3 is 10.2 Å². The number of carboxylic acid groups (broad SMARTS) is 2. The molecule has 0 fully saturated rings. The monoisotopic (exact) mass is 426 g/mol. The molecule has 2 N–H and O–H groups in total. The number of rotatable bonds is 19. The molecule has 4 unspecified atom stereocenters. The number of hydrogen-bond donors (Lipinski definition) is 2. The van der Waals surface area contributed by atoms with E-state index in [4.69, 9.17) is 5.11 Å². The minimum atomic E-state index is -0.742. The largest absolute Gasteiger partial charge is 0.481 e. The van der Waals surface area contributed by atoms with Gasteiger partial charge >= 0.3 is 11.9 Å². The Morgan fingerprint density at radius 2 is 1.20 bits per heavy atom. The number of carbonyl (C=O) groups is 2. The van der Waals surface area contributed by atoms with Gasteiger partial charge in [-0.05, 0) is 36.5 Å². The zero-order valence-corrected chi connectivity index (χ0v) is 20.7. The third-order valence-electron chi connectivity index (χ3n) is 7.77. The Hall–Kier alpha value is -1.06. The van der Waals surface area contributed by atoms with E-state index in [1.807, 2.05) is 0 Å². The summed E-state index contributed by atoms with van der Waals surface area (Å²) in [5.41, 5.74) is -0.157. The van der Waals surface area contributed by atoms with E-state index in [1.165, 1.54) is 25.7 Å². The van der Waals surface area contributed by atoms with E-state index in [-0.39, 0.29) is 17.3 Å². The SMILES string of the molecule is CCCCCCCC(C(C)CC)(C(C)CC)C(CCCCCC(C)C(=O)O)C(=O)O. The van der Waals surface area contributed by atoms with Gasteiger partial charge in [-0.15, -0.1) is 0 Å². The molecule has 0 aliphatic carbocycles. The van der Waals surface area contributed by atoms with Gasteiger partial charge in [-0.25, -0.2) is 0 Å². The molecule has 4 nitrogen and oxygen atoms in total. The van der Waals surface area contributed by atoms with Crippen molar-refractivity contribution in [2.45, 2.75) is 125 Å². The molecule has 0 aliphatic heterocycles. The molecule has 0 aromatic heterocycles. The summed E-state index contributed by atoms with van der Waals surface area (Å²) < 4.78 is 0. The van der Waals surface area contributed by atoms with Crippen LogP contribution < -0.4 is 0 Å². The fraction of sp³-hybridized carbons (Fsp3) is 0.923. The van der Waals surface area contributed by atoms with E-state index in [0.717, 1.165) is 44.9 Å². The quantitative estimate of drug-likeness (QED) is 0.207. The zero-order valence-electron chi connectivity index (χ0n) is 20.7. The van der Waals surface area contributed by atoms with Crippen molar-refractivity contribution in [3.05, 3.63) is 0 Å². The summed E-state index contributed by atoms with van der Waals surface area (Å²) in [6.07, 6.45) is 13.1. The second-order valence-electron chi connectivity index (χ2n) is 9.66. The molecule has 0 heterocycles. The van der Waals surface area contributed by atoms with Crippen LogP contribution in [0.4, 0.5) is 0 Å². The first-order valence-electron chi connectivity index (χ1n) is 12.6. The second kappa shape index (κ2) is 15.7. The van der Waals surface area contributed by atoms with Crippen LogP contribution in [0, 0.1) is 29.1 Å². The highest BCUT2D eigenvalue weighted by atomic mass is 16.4. The van der Waals surface area contributed by atoms with Gasteiger partial charge in [-0.3, -0.25) is 9.59 Å². The molecule has 0 amide bonds. The highest BCUT2D eigenvalue weighted by Crippen LogP contribution is 2.51. The van der Waals surface area contributed by atoms with Crippen molar-refractivity contribution >= 4 is 11.9 Å². The summed E-state index contributed by atoms with van der Waals surface area (Å²) in [4.78, 5) is 23.5. The minimum Gasteiger partial charge on any atom is -0.481 e. The molecule has 30 heavy (non-hydrogen) atoms. The van der Waals surface area contributed by atoms with Gasteiger partial charge in [-0.1, -0.05) is 106 Å². The van der Waals surface area contributed by atoms with Crippen LogP contribution in [-0.2, 0) is 9.59 Å². The van der Waals surface area contributed by atoms with Crippen molar-refractivity contribution in [3.8, 4) is 0 Å². The minimum absolute atomic E-state index is 0.157. The molecule has 0 aliphatic rings. The van der Waals surface area contributed by atoms with E-state index < -0.39 is 11.9 Å². The van der Waals surface area contributed by atoms with Gasteiger partial charge in [0.1, 0.15) is 0 Å². The molecule has 0 aromatic carbocycles. The third-order valence-corrected chi connectivity index (χ3v) is 7.77. The molecule has 0 bridgehead atoms. The molecule has 0 saturated carbocycles. The Balaban J connectivity index is 5.32. The Labute approximate surface area is 186 Å². The van der Waals surface area contributed by atoms with Gasteiger partial charge in [0, 0.05) is 0 Å². The van der Waals surface area contributed by atoms with Crippen molar-refractivity contribution in [1.29, 1.82) is 0 Å². The maximum absolute atomic E-state index is 12.5. The summed E-state index contributed by atoms with van der Waals surface area (Å²) in [5.74, 6) is -1.25. The number of carboxylic acids is 2. The fourth-order valence-corrected chi connectivity index (χ4v) is 5.36. The van der Waals surface area contributed by atoms with E-state index in [9.17, 15) is 14.7 Å². The lowest BCUT2D eigenvalue weighted by Crippen LogP contribution is -2.46. The van der Waals surface area contributed by atoms with Crippen LogP contribution in [0.5, 0.6) is 0 Å². The summed E-state index contributed by atoms with van der Waals surface area (Å²) in [6.45, 7) is 12.9. The predicted octanol–water partition coefficient (Wildman–Crippen LogP) is 7.80. The van der Waals surface area contributed by atoms with E-state index in [0.29, 0.717) is 24.7 Å². The van der Waals surface area contributed by atoms with Gasteiger partial charge in [-0.2, -0.15) is 0 Å². The number of unbranched alkanes of at least 4 members (excludes halogenated alkanes) is 6. The topological polar surface area (TPSA) is 74.6 Å². The lowest BCUT2D eigenvalue weighted by Gasteiger charge is -2.48. The summed E-state index contributed by atoms with van der Waals surface area (Å²) in [7, 11) is 0. The number of hydrogen-bond acceptors (Lipinski definition) is 2. The van der Waals surface area contributed by atoms with Crippen LogP contribution in [0.2, 0.25) is 0 Å². The van der Waals surface area contributed by atoms with Crippen LogP contribution in [0.3, 0.4) is 0 Å². The predicted molar refractivity (Wildman–Crippen MR) is 126 cm³/mol. The second-order valence-corrected chi connectivity index (χ2v) is 9.66. The molecular formula is C26H50O4. The van der Waals surface area contributed by atoms with Crippen molar-refractivity contribution in [2.75, 3.05) is 0 Å². The molecule has 178 valence electrons. The van der Waals surface area contributed by atoms with Crippen LogP contribution in [0.25, 0.3) is 0 Å². The normalized spacial score (nSPS) is 17.7. The summed E-state index contributed by atoms with van der Waals surface area (Å²) in [6, 6.07) is 0. The molecule has 0 rings (SSSR count). The Morgan fingerprint density at radius 3 is 1.67 bits per heavy atom. The molecule has 4 atom stereocenters. The third kappa shape index (κ3) is 8.98. The first-order chi connectivity index (χ1) is 14.2. The first-order valence-corrected chi connectivity index (χ1v) is 12.6. The molecule has 0 aromatic rings. The van der Waals surface area contributed by atoms with Crippen molar-refractivity contribution in [1.82, 2.24) is 0 Å². The standard InChI is InChI=1S/C26H50O4/c1-7-10-11-12-16-19-26(21(5)8-2,22(6)9-3)23(25(29)30)18-15-13-14-17-20(4)24(27)28/h20-23H,7-19H2,1-6H3,(H,27,28)(H,29,30). The van der Waals surface area contributed by atoms with E-state index >= 15 is 0 Å². The maximum Gasteiger partial charge on any atom is 0.307 e. The average molecular weight is 427 g/mol. The lowest BCUT2D eigenvalue weighted by molar-refractivity contribution is -0.153. The smallest absolute Gasteiger partial charge is 0.307 e. The molecule has 0 saturated heterocycles. The van der Waals surface area contributed by atoms with Crippen LogP contribution >= 0.6 is 0 Å². The van der Waals surface area contributed by atoms with Crippen LogP contribution in [0.15, 0.2) is 0 Å². The Kier molecular flexibility index (Phi) is 15.1. The summed E-state index contributed by atoms with van der Waals surface area (Å²) in [5, 5.41) is 19.3. The van der Waals surface area contributed by atoms with Crippen molar-refractivity contribution in [3.63, 3.8) is 0 Å². The Bertz CT molecular complexity index is 464. The number of aliphatic carboxylic acids is 2. The van der Waals surface area contributed by atoms with E-state index in [2.05, 4.69) is 34.6 Å². The highest BCUT2D eigenvalue weighted by Gasteiger charge is 2.48. The van der Waals surface area contributed by atoms with Crippen molar-refractivity contribution < 1.29 is 19.8 Å². The van der Waals surface area contributed by atoms with E-state index in [1.54, 1.807) is 6.92 Å². The lowest BCUT2D eigenvalue weighted by atomic mass is 9.55. The first kappa shape index (κ1) is 28.9. The fourth-order valence-electron chi connectivity index (χ4n) is 5.36. The summed E-state index contributed by atoms with van der Waals surface area (Å²) >= 11 is 0. The van der Waals surface area contributed by atoms with Crippen molar-refractivity contribution in [2.24, 2.45) is 29.1 Å². The Morgan fingerprint density at radius 1 is 0.700 bits per heavy atom. The van der Waals surface area contributed by atoms with Gasteiger partial charge in [0.2, 0.25) is 0 Å². The molecule has 4 heteroatoms. The maximum atomic E-state index is 12.5. The molecule has 0 spiro atoms. The zero-order chi connectivity index (χ0) is 23.2. The van der Waals surface area contributed by atoms with Gasteiger partial charge in [0.05, 0.1) is 11.8 Å². The van der Waals surface area contributed by atoms with Gasteiger partial charge in [0.25, 0.3) is 0 Å². The molecule has 0 radical (unpaired) electrons. The average Bonchev–Trinajstić information content (AvgIpc) is 2.72. The van der Waals surface area contributed by atoms with Crippen LogP contribution in [-0.4, -0.2) is 22.2 Å². The molecular weight excluding hydrogens is 376 g/mol. The van der Waals surface area contributed by atoms with Crippen LogP contribution in [0.1, 0.15) is 125 Å². The highest BCUT2D eigenvalue weighted by molar-refractivity contribution is 5.71. The van der Waals surface area contributed by atoms with Gasteiger partial charge in [0.15, 0.2) is 0 Å².